The molecule has 0 unspecified atom stereocenters. The Kier molecular flexibility index (Phi) is 3.89. The molecule has 7 nitrogen and oxygen atoms in total. The van der Waals surface area contributed by atoms with Gasteiger partial charge in [0.25, 0.3) is 5.56 Å². The average Bonchev–Trinajstić information content (AvgIpc) is 2.96. The first-order chi connectivity index (χ1) is 10.2. The fourth-order valence-corrected chi connectivity index (χ4v) is 3.20. The maximum atomic E-state index is 11.9. The van der Waals surface area contributed by atoms with Crippen molar-refractivity contribution in [3.8, 4) is 0 Å². The summed E-state index contributed by atoms with van der Waals surface area (Å²) in [5.41, 5.74) is 0.746. The van der Waals surface area contributed by atoms with E-state index in [4.69, 9.17) is 0 Å². The van der Waals surface area contributed by atoms with Gasteiger partial charge in [-0.3, -0.25) is 14.1 Å². The number of nitrogens with one attached hydrogen (secondary N) is 1. The molecule has 1 aliphatic heterocycles. The molecule has 2 aromatic rings. The number of urea groups is 1. The normalized spacial score (nSPS) is 16.3. The zero-order chi connectivity index (χ0) is 14.8. The number of piperazine rings is 1. The lowest BCUT2D eigenvalue weighted by Crippen LogP contribution is -2.50. The SMILES string of the molecule is CNC(=O)N1CCN(Cc2cc(=O)n3ccsc3n2)CC1. The highest BCUT2D eigenvalue weighted by molar-refractivity contribution is 7.15. The number of thiazole rings is 1. The fraction of sp³-hybridized carbons (Fsp3) is 0.462. The summed E-state index contributed by atoms with van der Waals surface area (Å²) >= 11 is 1.46. The molecule has 3 rings (SSSR count). The third-order valence-electron chi connectivity index (χ3n) is 3.62. The number of hydrogen-bond acceptors (Lipinski definition) is 5. The molecular weight excluding hydrogens is 290 g/mol. The molecule has 0 radical (unpaired) electrons. The number of aromatic nitrogens is 2. The Morgan fingerprint density at radius 1 is 1.38 bits per heavy atom. The summed E-state index contributed by atoms with van der Waals surface area (Å²) < 4.78 is 1.55. The van der Waals surface area contributed by atoms with Crippen LogP contribution in [0.2, 0.25) is 0 Å². The summed E-state index contributed by atoms with van der Waals surface area (Å²) in [6.07, 6.45) is 1.74. The van der Waals surface area contributed by atoms with Crippen LogP contribution in [-0.4, -0.2) is 58.4 Å². The highest BCUT2D eigenvalue weighted by Gasteiger charge is 2.20. The van der Waals surface area contributed by atoms with Gasteiger partial charge in [-0.05, 0) is 0 Å². The molecule has 1 saturated heterocycles. The number of carbonyl (C=O) groups excluding carboxylic acids is 1. The Bertz CT molecular complexity index is 702. The number of amides is 2. The number of hydrogen-bond donors (Lipinski definition) is 1. The maximum Gasteiger partial charge on any atom is 0.317 e. The van der Waals surface area contributed by atoms with Crippen LogP contribution in [0.1, 0.15) is 5.69 Å². The predicted octanol–water partition coefficient (Wildman–Crippen LogP) is 0.213. The second-order valence-electron chi connectivity index (χ2n) is 4.96. The minimum absolute atomic E-state index is 0.0361. The molecule has 1 aliphatic rings. The first-order valence-electron chi connectivity index (χ1n) is 6.82. The Labute approximate surface area is 125 Å². The van der Waals surface area contributed by atoms with Crippen LogP contribution in [0.3, 0.4) is 0 Å². The van der Waals surface area contributed by atoms with E-state index in [2.05, 4.69) is 15.2 Å². The van der Waals surface area contributed by atoms with Crippen molar-refractivity contribution in [2.24, 2.45) is 0 Å². The van der Waals surface area contributed by atoms with E-state index in [-0.39, 0.29) is 11.6 Å². The number of nitrogens with zero attached hydrogens (tertiary/aromatic N) is 4. The predicted molar refractivity (Wildman–Crippen MR) is 80.6 cm³/mol. The van der Waals surface area contributed by atoms with Crippen LogP contribution in [0.25, 0.3) is 4.96 Å². The van der Waals surface area contributed by atoms with Gasteiger partial charge in [0.1, 0.15) is 0 Å². The van der Waals surface area contributed by atoms with Crippen molar-refractivity contribution in [2.45, 2.75) is 6.54 Å². The first kappa shape index (κ1) is 14.0. The summed E-state index contributed by atoms with van der Waals surface area (Å²) in [6.45, 7) is 3.61. The van der Waals surface area contributed by atoms with E-state index in [1.165, 1.54) is 11.3 Å². The van der Waals surface area contributed by atoms with Gasteiger partial charge in [-0.15, -0.1) is 11.3 Å². The molecular formula is C13H17N5O2S. The zero-order valence-electron chi connectivity index (χ0n) is 11.8. The van der Waals surface area contributed by atoms with Gasteiger partial charge in [-0.2, -0.15) is 0 Å². The minimum Gasteiger partial charge on any atom is -0.341 e. The van der Waals surface area contributed by atoms with Crippen LogP contribution < -0.4 is 10.9 Å². The largest absolute Gasteiger partial charge is 0.341 e. The topological polar surface area (TPSA) is 70.0 Å². The number of carbonyl (C=O) groups is 1. The summed E-state index contributed by atoms with van der Waals surface area (Å²) in [7, 11) is 1.64. The quantitative estimate of drug-likeness (QED) is 0.861. The molecule has 0 saturated carbocycles. The monoisotopic (exact) mass is 307 g/mol. The van der Waals surface area contributed by atoms with E-state index in [0.717, 1.165) is 23.7 Å². The van der Waals surface area contributed by atoms with Gasteiger partial charge in [-0.25, -0.2) is 9.78 Å². The lowest BCUT2D eigenvalue weighted by Gasteiger charge is -2.34. The number of fused-ring (bicyclic) bond motifs is 1. The Hall–Kier alpha value is -1.93. The molecule has 2 aromatic heterocycles. The summed E-state index contributed by atoms with van der Waals surface area (Å²) in [6, 6.07) is 1.55. The molecule has 1 fully saturated rings. The van der Waals surface area contributed by atoms with Gasteiger partial charge in [0.05, 0.1) is 5.69 Å². The van der Waals surface area contributed by atoms with Crippen molar-refractivity contribution in [3.05, 3.63) is 33.7 Å². The third-order valence-corrected chi connectivity index (χ3v) is 4.37. The maximum absolute atomic E-state index is 11.9. The van der Waals surface area contributed by atoms with Crippen molar-refractivity contribution < 1.29 is 4.79 Å². The molecule has 112 valence electrons. The van der Waals surface area contributed by atoms with Crippen molar-refractivity contribution in [1.29, 1.82) is 0 Å². The lowest BCUT2D eigenvalue weighted by atomic mass is 10.3. The van der Waals surface area contributed by atoms with Crippen LogP contribution in [0.4, 0.5) is 4.79 Å². The van der Waals surface area contributed by atoms with Gasteiger partial charge in [-0.1, -0.05) is 0 Å². The molecule has 0 bridgehead atoms. The third kappa shape index (κ3) is 2.91. The number of rotatable bonds is 2. The van der Waals surface area contributed by atoms with Crippen molar-refractivity contribution in [3.63, 3.8) is 0 Å². The second kappa shape index (κ2) is 5.82. The van der Waals surface area contributed by atoms with Crippen LogP contribution in [0, 0.1) is 0 Å². The van der Waals surface area contributed by atoms with Gasteiger partial charge >= 0.3 is 6.03 Å². The Balaban J connectivity index is 1.67. The van der Waals surface area contributed by atoms with Crippen molar-refractivity contribution in [1.82, 2.24) is 24.5 Å². The van der Waals surface area contributed by atoms with Crippen LogP contribution >= 0.6 is 11.3 Å². The van der Waals surface area contributed by atoms with Crippen LogP contribution in [0.5, 0.6) is 0 Å². The highest BCUT2D eigenvalue weighted by atomic mass is 32.1. The molecule has 0 atom stereocenters. The van der Waals surface area contributed by atoms with Crippen molar-refractivity contribution in [2.75, 3.05) is 33.2 Å². The van der Waals surface area contributed by atoms with E-state index in [1.807, 2.05) is 5.38 Å². The molecule has 21 heavy (non-hydrogen) atoms. The Morgan fingerprint density at radius 2 is 2.14 bits per heavy atom. The smallest absolute Gasteiger partial charge is 0.317 e. The van der Waals surface area contributed by atoms with Crippen LogP contribution in [0.15, 0.2) is 22.4 Å². The molecule has 0 aliphatic carbocycles. The van der Waals surface area contributed by atoms with E-state index in [1.54, 1.807) is 28.6 Å². The summed E-state index contributed by atoms with van der Waals surface area (Å²) in [5, 5.41) is 4.49. The second-order valence-corrected chi connectivity index (χ2v) is 5.83. The fourth-order valence-electron chi connectivity index (χ4n) is 2.47. The average molecular weight is 307 g/mol. The molecule has 0 spiro atoms. The molecule has 8 heteroatoms. The van der Waals surface area contributed by atoms with E-state index < -0.39 is 0 Å². The standard InChI is InChI=1S/C13H17N5O2S/c1-14-12(20)17-4-2-16(3-5-17)9-10-8-11(19)18-6-7-21-13(18)15-10/h6-8H,2-5,9H2,1H3,(H,14,20). The van der Waals surface area contributed by atoms with Gasteiger partial charge in [0.2, 0.25) is 0 Å². The van der Waals surface area contributed by atoms with E-state index >= 15 is 0 Å². The molecule has 3 heterocycles. The van der Waals surface area contributed by atoms with E-state index in [0.29, 0.717) is 19.6 Å². The zero-order valence-corrected chi connectivity index (χ0v) is 12.6. The van der Waals surface area contributed by atoms with Crippen molar-refractivity contribution >= 4 is 22.3 Å². The van der Waals surface area contributed by atoms with Gasteiger partial charge in [0, 0.05) is 57.4 Å². The lowest BCUT2D eigenvalue weighted by molar-refractivity contribution is 0.135. The highest BCUT2D eigenvalue weighted by Crippen LogP contribution is 2.10. The summed E-state index contributed by atoms with van der Waals surface area (Å²) in [4.78, 5) is 32.7. The van der Waals surface area contributed by atoms with Gasteiger partial charge < -0.3 is 10.2 Å². The Morgan fingerprint density at radius 3 is 2.86 bits per heavy atom. The molecule has 2 amide bonds. The van der Waals surface area contributed by atoms with E-state index in [9.17, 15) is 9.59 Å². The molecule has 0 aromatic carbocycles. The molecule has 1 N–H and O–H groups in total. The minimum atomic E-state index is -0.0414. The van der Waals surface area contributed by atoms with Crippen LogP contribution in [-0.2, 0) is 6.54 Å². The summed E-state index contributed by atoms with van der Waals surface area (Å²) in [5.74, 6) is 0. The van der Waals surface area contributed by atoms with Gasteiger partial charge in [0.15, 0.2) is 4.96 Å². The first-order valence-corrected chi connectivity index (χ1v) is 7.70.